The maximum Gasteiger partial charge on any atom is 0.262 e. The van der Waals surface area contributed by atoms with Gasteiger partial charge in [0.1, 0.15) is 12.4 Å². The molecule has 184 valence electrons. The third-order valence-electron chi connectivity index (χ3n) is 7.09. The molecule has 2 bridgehead atoms. The number of hydrogen-bond acceptors (Lipinski definition) is 7. The Morgan fingerprint density at radius 2 is 2.06 bits per heavy atom. The van der Waals surface area contributed by atoms with Crippen LogP contribution in [0.1, 0.15) is 26.2 Å². The Morgan fingerprint density at radius 1 is 1.31 bits per heavy atom. The van der Waals surface area contributed by atoms with Crippen molar-refractivity contribution in [1.29, 1.82) is 0 Å². The third-order valence-corrected chi connectivity index (χ3v) is 7.41. The number of carbonyl (C=O) groups excluding carboxylic acids is 1. The van der Waals surface area contributed by atoms with Gasteiger partial charge in [0.25, 0.3) is 5.88 Å². The van der Waals surface area contributed by atoms with Crippen molar-refractivity contribution in [2.45, 2.75) is 32.3 Å². The van der Waals surface area contributed by atoms with Crippen LogP contribution in [0.5, 0.6) is 11.6 Å². The van der Waals surface area contributed by atoms with Gasteiger partial charge in [0.15, 0.2) is 11.5 Å². The molecule has 0 radical (unpaired) electrons. The van der Waals surface area contributed by atoms with E-state index in [1.807, 2.05) is 4.90 Å². The average Bonchev–Trinajstić information content (AvgIpc) is 3.56. The summed E-state index contributed by atoms with van der Waals surface area (Å²) in [4.78, 5) is 26.9. The largest absolute Gasteiger partial charge is 0.489 e. The molecule has 10 heteroatoms. The summed E-state index contributed by atoms with van der Waals surface area (Å²) >= 11 is 6.33. The Morgan fingerprint density at radius 3 is 2.69 bits per heavy atom. The van der Waals surface area contributed by atoms with Gasteiger partial charge in [-0.05, 0) is 30.4 Å². The molecular weight excluding hydrogens is 470 g/mol. The molecule has 2 unspecified atom stereocenters. The van der Waals surface area contributed by atoms with Gasteiger partial charge in [-0.2, -0.15) is 4.98 Å². The SMILES string of the molecule is [C-]#[N+]c1ccc(Nc2ncnc(OC3C4COCC3CN(C(=O)CC3(C)CC3)C4)c2OC)c(Cl)c1. The van der Waals surface area contributed by atoms with Crippen LogP contribution >= 0.6 is 11.6 Å². The lowest BCUT2D eigenvalue weighted by molar-refractivity contribution is -0.150. The van der Waals surface area contributed by atoms with E-state index < -0.39 is 0 Å². The van der Waals surface area contributed by atoms with Gasteiger partial charge in [0.05, 0.1) is 37.6 Å². The molecule has 2 atom stereocenters. The number of anilines is 2. The Labute approximate surface area is 209 Å². The molecule has 2 aromatic rings. The number of nitrogens with zero attached hydrogens (tertiary/aromatic N) is 4. The molecule has 1 aliphatic carbocycles. The van der Waals surface area contributed by atoms with Crippen LogP contribution in [0.15, 0.2) is 24.5 Å². The minimum Gasteiger partial charge on any atom is -0.489 e. The van der Waals surface area contributed by atoms with Crippen molar-refractivity contribution in [3.63, 3.8) is 0 Å². The summed E-state index contributed by atoms with van der Waals surface area (Å²) in [5.74, 6) is 1.41. The number of ether oxygens (including phenoxy) is 3. The van der Waals surface area contributed by atoms with E-state index in [4.69, 9.17) is 32.4 Å². The van der Waals surface area contributed by atoms with Crippen molar-refractivity contribution in [2.24, 2.45) is 17.3 Å². The first-order valence-corrected chi connectivity index (χ1v) is 12.1. The van der Waals surface area contributed by atoms with Crippen LogP contribution in [0.2, 0.25) is 5.02 Å². The number of benzene rings is 1. The van der Waals surface area contributed by atoms with E-state index in [1.54, 1.807) is 18.2 Å². The Kier molecular flexibility index (Phi) is 6.43. The lowest BCUT2D eigenvalue weighted by Crippen LogP contribution is -2.58. The highest BCUT2D eigenvalue weighted by molar-refractivity contribution is 6.33. The number of piperidine rings is 1. The fourth-order valence-corrected chi connectivity index (χ4v) is 5.03. The molecule has 3 heterocycles. The lowest BCUT2D eigenvalue weighted by Gasteiger charge is -2.46. The fourth-order valence-electron chi connectivity index (χ4n) is 4.81. The zero-order valence-electron chi connectivity index (χ0n) is 19.8. The first-order valence-electron chi connectivity index (χ1n) is 11.7. The minimum absolute atomic E-state index is 0.0464. The van der Waals surface area contributed by atoms with Crippen LogP contribution in [0.25, 0.3) is 4.85 Å². The van der Waals surface area contributed by atoms with Gasteiger partial charge in [-0.15, -0.1) is 0 Å². The summed E-state index contributed by atoms with van der Waals surface area (Å²) in [7, 11) is 1.53. The molecule has 1 amide bonds. The third kappa shape index (κ3) is 5.00. The van der Waals surface area contributed by atoms with Gasteiger partial charge < -0.3 is 24.4 Å². The summed E-state index contributed by atoms with van der Waals surface area (Å²) in [5, 5.41) is 3.55. The molecular formula is C25H28ClN5O4. The lowest BCUT2D eigenvalue weighted by atomic mass is 9.84. The minimum atomic E-state index is -0.150. The van der Waals surface area contributed by atoms with E-state index in [-0.39, 0.29) is 29.3 Å². The molecule has 1 N–H and O–H groups in total. The van der Waals surface area contributed by atoms with E-state index in [1.165, 1.54) is 13.4 Å². The highest BCUT2D eigenvalue weighted by Gasteiger charge is 2.46. The smallest absolute Gasteiger partial charge is 0.262 e. The van der Waals surface area contributed by atoms with Gasteiger partial charge in [-0.1, -0.05) is 24.6 Å². The summed E-state index contributed by atoms with van der Waals surface area (Å²) in [6, 6.07) is 4.97. The number of amides is 1. The number of fused-ring (bicyclic) bond motifs is 2. The Hall–Kier alpha value is -3.09. The second kappa shape index (κ2) is 9.51. The molecule has 1 saturated carbocycles. The number of carbonyl (C=O) groups is 1. The van der Waals surface area contributed by atoms with Crippen molar-refractivity contribution in [2.75, 3.05) is 38.7 Å². The van der Waals surface area contributed by atoms with Crippen LogP contribution in [0.3, 0.4) is 0 Å². The summed E-state index contributed by atoms with van der Waals surface area (Å²) < 4.78 is 17.8. The molecule has 9 nitrogen and oxygen atoms in total. The standard InChI is InChI=1S/C25H28ClN5O4/c1-25(6-7-25)9-20(32)31-10-15-12-34-13-16(11-31)21(15)35-24-22(33-3)23(28-14-29-24)30-19-5-4-17(27-2)8-18(19)26/h4-5,8,14-16,21H,6-7,9-13H2,1,3H3,(H,28,29,30). The van der Waals surface area contributed by atoms with Crippen molar-refractivity contribution >= 4 is 34.7 Å². The molecule has 2 saturated heterocycles. The van der Waals surface area contributed by atoms with Gasteiger partial charge >= 0.3 is 0 Å². The summed E-state index contributed by atoms with van der Waals surface area (Å²) in [6.45, 7) is 11.6. The summed E-state index contributed by atoms with van der Waals surface area (Å²) in [6.07, 6.45) is 4.14. The van der Waals surface area contributed by atoms with E-state index in [0.29, 0.717) is 66.6 Å². The fraction of sp³-hybridized carbons (Fsp3) is 0.520. The quantitative estimate of drug-likeness (QED) is 0.564. The number of likely N-dealkylation sites (tertiary alicyclic amines) is 1. The zero-order chi connectivity index (χ0) is 24.6. The van der Waals surface area contributed by atoms with E-state index in [0.717, 1.165) is 12.8 Å². The number of aromatic nitrogens is 2. The predicted molar refractivity (Wildman–Crippen MR) is 130 cm³/mol. The first-order chi connectivity index (χ1) is 16.9. The molecule has 3 aliphatic rings. The molecule has 2 aliphatic heterocycles. The molecule has 1 aromatic heterocycles. The van der Waals surface area contributed by atoms with Gasteiger partial charge in [0, 0.05) is 31.3 Å². The van der Waals surface area contributed by atoms with Crippen molar-refractivity contribution < 1.29 is 19.0 Å². The number of methoxy groups -OCH3 is 1. The second-order valence-electron chi connectivity index (χ2n) is 9.89. The molecule has 35 heavy (non-hydrogen) atoms. The monoisotopic (exact) mass is 497 g/mol. The van der Waals surface area contributed by atoms with Crippen molar-refractivity contribution in [3.8, 4) is 11.6 Å². The predicted octanol–water partition coefficient (Wildman–Crippen LogP) is 4.48. The Balaban J connectivity index is 1.33. The maximum absolute atomic E-state index is 12.9. The second-order valence-corrected chi connectivity index (χ2v) is 10.3. The zero-order valence-corrected chi connectivity index (χ0v) is 20.5. The van der Waals surface area contributed by atoms with Crippen LogP contribution in [0.4, 0.5) is 17.2 Å². The number of rotatable bonds is 7. The van der Waals surface area contributed by atoms with Gasteiger partial charge in [-0.25, -0.2) is 9.83 Å². The van der Waals surface area contributed by atoms with Crippen LogP contribution in [-0.2, 0) is 9.53 Å². The van der Waals surface area contributed by atoms with E-state index >= 15 is 0 Å². The van der Waals surface area contributed by atoms with Gasteiger partial charge in [-0.3, -0.25) is 4.79 Å². The highest BCUT2D eigenvalue weighted by Crippen LogP contribution is 2.48. The van der Waals surface area contributed by atoms with E-state index in [9.17, 15) is 4.79 Å². The number of hydrogen-bond donors (Lipinski definition) is 1. The van der Waals surface area contributed by atoms with Crippen LogP contribution in [-0.4, -0.2) is 60.3 Å². The van der Waals surface area contributed by atoms with Crippen molar-refractivity contribution in [3.05, 3.63) is 41.0 Å². The molecule has 5 rings (SSSR count). The molecule has 0 spiro atoms. The highest BCUT2D eigenvalue weighted by atomic mass is 35.5. The number of halogens is 1. The number of nitrogens with one attached hydrogen (secondary N) is 1. The first kappa shape index (κ1) is 23.6. The van der Waals surface area contributed by atoms with Crippen LogP contribution < -0.4 is 14.8 Å². The maximum atomic E-state index is 12.9. The topological polar surface area (TPSA) is 90.2 Å². The van der Waals surface area contributed by atoms with Crippen LogP contribution in [0, 0.1) is 23.8 Å². The average molecular weight is 498 g/mol. The normalized spacial score (nSPS) is 24.3. The van der Waals surface area contributed by atoms with Crippen molar-refractivity contribution in [1.82, 2.24) is 14.9 Å². The Bertz CT molecular complexity index is 1150. The summed E-state index contributed by atoms with van der Waals surface area (Å²) in [5.41, 5.74) is 1.22. The molecule has 1 aromatic carbocycles. The van der Waals surface area contributed by atoms with Gasteiger partial charge in [0.2, 0.25) is 11.7 Å². The van der Waals surface area contributed by atoms with E-state index in [2.05, 4.69) is 27.1 Å². The molecule has 3 fully saturated rings.